The van der Waals surface area contributed by atoms with Gasteiger partial charge in [0.1, 0.15) is 5.82 Å². The Morgan fingerprint density at radius 2 is 2.05 bits per heavy atom. The molecular weight excluding hydrogens is 329 g/mol. The fraction of sp³-hybridized carbons (Fsp3) is 0.429. The number of methoxy groups -OCH3 is 1. The van der Waals surface area contributed by atoms with Crippen LogP contribution in [0.4, 0.5) is 4.39 Å². The normalized spacial score (nSPS) is 10.2. The zero-order chi connectivity index (χ0) is 15.0. The lowest BCUT2D eigenvalue weighted by atomic mass is 10.2. The predicted octanol–water partition coefficient (Wildman–Crippen LogP) is 3.05. The predicted molar refractivity (Wildman–Crippen MR) is 76.9 cm³/mol. The Morgan fingerprint density at radius 3 is 2.75 bits per heavy atom. The molecule has 0 atom stereocenters. The molecule has 0 saturated heterocycles. The van der Waals surface area contributed by atoms with Crippen molar-refractivity contribution < 1.29 is 18.7 Å². The van der Waals surface area contributed by atoms with Crippen molar-refractivity contribution in [2.45, 2.75) is 25.7 Å². The van der Waals surface area contributed by atoms with E-state index in [0.717, 1.165) is 19.3 Å². The number of carbonyl (C=O) groups excluding carboxylic acids is 2. The molecule has 0 spiro atoms. The molecule has 0 aromatic heterocycles. The minimum atomic E-state index is -0.462. The van der Waals surface area contributed by atoms with E-state index in [-0.39, 0.29) is 21.9 Å². The molecule has 1 aromatic carbocycles. The van der Waals surface area contributed by atoms with Gasteiger partial charge in [0.25, 0.3) is 5.91 Å². The number of unbranched alkanes of at least 4 members (excludes halogenated alkanes) is 2. The summed E-state index contributed by atoms with van der Waals surface area (Å²) in [5.41, 5.74) is 0.277. The summed E-state index contributed by atoms with van der Waals surface area (Å²) in [5, 5.41) is 2.72. The third-order valence-corrected chi connectivity index (χ3v) is 3.57. The molecule has 0 heterocycles. The number of amides is 1. The van der Waals surface area contributed by atoms with Gasteiger partial charge < -0.3 is 10.1 Å². The number of hydrogen-bond donors (Lipinski definition) is 1. The topological polar surface area (TPSA) is 55.4 Å². The fourth-order valence-electron chi connectivity index (χ4n) is 1.65. The van der Waals surface area contributed by atoms with E-state index in [1.807, 2.05) is 0 Å². The molecule has 4 nitrogen and oxygen atoms in total. The third-order valence-electron chi connectivity index (χ3n) is 2.77. The van der Waals surface area contributed by atoms with Crippen molar-refractivity contribution >= 4 is 27.8 Å². The second kappa shape index (κ2) is 8.68. The van der Waals surface area contributed by atoms with Crippen LogP contribution < -0.4 is 5.32 Å². The first-order chi connectivity index (χ1) is 9.56. The summed E-state index contributed by atoms with van der Waals surface area (Å²) < 4.78 is 18.0. The van der Waals surface area contributed by atoms with E-state index in [9.17, 15) is 14.0 Å². The number of benzene rings is 1. The van der Waals surface area contributed by atoms with Crippen LogP contribution in [0.25, 0.3) is 0 Å². The zero-order valence-electron chi connectivity index (χ0n) is 11.2. The molecule has 1 N–H and O–H groups in total. The monoisotopic (exact) mass is 345 g/mol. The molecular formula is C14H17BrFNO3. The van der Waals surface area contributed by atoms with Crippen LogP contribution in [0, 0.1) is 5.82 Å². The van der Waals surface area contributed by atoms with E-state index >= 15 is 0 Å². The molecule has 0 aliphatic heterocycles. The zero-order valence-corrected chi connectivity index (χ0v) is 12.8. The molecule has 0 bridgehead atoms. The van der Waals surface area contributed by atoms with Crippen molar-refractivity contribution in [3.05, 3.63) is 34.1 Å². The smallest absolute Gasteiger partial charge is 0.305 e. The van der Waals surface area contributed by atoms with Crippen LogP contribution in [-0.2, 0) is 9.53 Å². The molecule has 0 aliphatic carbocycles. The molecule has 20 heavy (non-hydrogen) atoms. The van der Waals surface area contributed by atoms with Crippen LogP contribution in [0.15, 0.2) is 22.7 Å². The van der Waals surface area contributed by atoms with E-state index in [2.05, 4.69) is 26.0 Å². The third kappa shape index (κ3) is 5.28. The minimum absolute atomic E-state index is 0.170. The van der Waals surface area contributed by atoms with Gasteiger partial charge in [0.15, 0.2) is 0 Å². The summed E-state index contributed by atoms with van der Waals surface area (Å²) >= 11 is 3.05. The summed E-state index contributed by atoms with van der Waals surface area (Å²) in [6.45, 7) is 0.489. The highest BCUT2D eigenvalue weighted by Gasteiger charge is 2.12. The van der Waals surface area contributed by atoms with Gasteiger partial charge in [-0.1, -0.05) is 12.5 Å². The number of halogens is 2. The van der Waals surface area contributed by atoms with Crippen LogP contribution in [0.5, 0.6) is 0 Å². The van der Waals surface area contributed by atoms with Gasteiger partial charge in [0, 0.05) is 13.0 Å². The highest BCUT2D eigenvalue weighted by atomic mass is 79.9. The lowest BCUT2D eigenvalue weighted by molar-refractivity contribution is -0.140. The molecule has 110 valence electrons. The van der Waals surface area contributed by atoms with Gasteiger partial charge in [-0.25, -0.2) is 4.39 Å². The van der Waals surface area contributed by atoms with Crippen LogP contribution in [0.1, 0.15) is 36.0 Å². The first-order valence-corrected chi connectivity index (χ1v) is 7.14. The highest BCUT2D eigenvalue weighted by Crippen LogP contribution is 2.20. The van der Waals surface area contributed by atoms with Crippen molar-refractivity contribution in [1.29, 1.82) is 0 Å². The standard InChI is InChI=1S/C14H17BrFNO3/c1-20-12(18)8-3-2-4-9-17-14(19)10-6-5-7-11(16)13(10)15/h5-7H,2-4,8-9H2,1H3,(H,17,19). The summed E-state index contributed by atoms with van der Waals surface area (Å²) in [6, 6.07) is 4.33. The minimum Gasteiger partial charge on any atom is -0.469 e. The van der Waals surface area contributed by atoms with Crippen molar-refractivity contribution in [3.8, 4) is 0 Å². The summed E-state index contributed by atoms with van der Waals surface area (Å²) in [7, 11) is 1.36. The van der Waals surface area contributed by atoms with Crippen LogP contribution in [-0.4, -0.2) is 25.5 Å². The van der Waals surface area contributed by atoms with Crippen molar-refractivity contribution in [1.82, 2.24) is 5.32 Å². The average Bonchev–Trinajstić information content (AvgIpc) is 2.44. The Morgan fingerprint density at radius 1 is 1.30 bits per heavy atom. The average molecular weight is 346 g/mol. The van der Waals surface area contributed by atoms with Crippen LogP contribution in [0.2, 0.25) is 0 Å². The Hall–Kier alpha value is -1.43. The molecule has 0 saturated carbocycles. The van der Waals surface area contributed by atoms with E-state index in [1.54, 1.807) is 6.07 Å². The second-order valence-electron chi connectivity index (χ2n) is 4.24. The maximum absolute atomic E-state index is 13.3. The maximum atomic E-state index is 13.3. The van der Waals surface area contributed by atoms with Crippen molar-refractivity contribution in [3.63, 3.8) is 0 Å². The van der Waals surface area contributed by atoms with E-state index in [1.165, 1.54) is 19.2 Å². The van der Waals surface area contributed by atoms with Crippen molar-refractivity contribution in [2.24, 2.45) is 0 Å². The lowest BCUT2D eigenvalue weighted by Gasteiger charge is -2.07. The molecule has 0 radical (unpaired) electrons. The van der Waals surface area contributed by atoms with Gasteiger partial charge in [-0.2, -0.15) is 0 Å². The number of carbonyl (C=O) groups is 2. The van der Waals surface area contributed by atoms with Gasteiger partial charge in [-0.3, -0.25) is 9.59 Å². The second-order valence-corrected chi connectivity index (χ2v) is 5.04. The molecule has 0 fully saturated rings. The summed E-state index contributed by atoms with van der Waals surface area (Å²) in [4.78, 5) is 22.7. The Bertz CT molecular complexity index is 479. The summed E-state index contributed by atoms with van der Waals surface area (Å²) in [6.07, 6.45) is 2.70. The van der Waals surface area contributed by atoms with Gasteiger partial charge in [-0.05, 0) is 40.9 Å². The first kappa shape index (κ1) is 16.6. The van der Waals surface area contributed by atoms with E-state index < -0.39 is 5.82 Å². The van der Waals surface area contributed by atoms with Gasteiger partial charge in [0.2, 0.25) is 0 Å². The van der Waals surface area contributed by atoms with Gasteiger partial charge in [0.05, 0.1) is 17.1 Å². The first-order valence-electron chi connectivity index (χ1n) is 6.35. The number of rotatable bonds is 7. The molecule has 1 rings (SSSR count). The van der Waals surface area contributed by atoms with Crippen LogP contribution >= 0.6 is 15.9 Å². The fourth-order valence-corrected chi connectivity index (χ4v) is 2.09. The molecule has 6 heteroatoms. The highest BCUT2D eigenvalue weighted by molar-refractivity contribution is 9.10. The van der Waals surface area contributed by atoms with E-state index in [0.29, 0.717) is 13.0 Å². The maximum Gasteiger partial charge on any atom is 0.305 e. The molecule has 0 unspecified atom stereocenters. The molecule has 0 aliphatic rings. The quantitative estimate of drug-likeness (QED) is 0.610. The molecule has 1 aromatic rings. The Kier molecular flexibility index (Phi) is 7.22. The number of nitrogens with one attached hydrogen (secondary N) is 1. The summed E-state index contributed by atoms with van der Waals surface area (Å²) in [5.74, 6) is -1.00. The SMILES string of the molecule is COC(=O)CCCCCNC(=O)c1cccc(F)c1Br. The van der Waals surface area contributed by atoms with Gasteiger partial charge >= 0.3 is 5.97 Å². The van der Waals surface area contributed by atoms with Crippen LogP contribution in [0.3, 0.4) is 0 Å². The Labute approximate surface area is 125 Å². The largest absolute Gasteiger partial charge is 0.469 e. The number of esters is 1. The number of hydrogen-bond acceptors (Lipinski definition) is 3. The molecule has 1 amide bonds. The Balaban J connectivity index is 2.27. The van der Waals surface area contributed by atoms with Gasteiger partial charge in [-0.15, -0.1) is 0 Å². The lowest BCUT2D eigenvalue weighted by Crippen LogP contribution is -2.25. The van der Waals surface area contributed by atoms with Crippen molar-refractivity contribution in [2.75, 3.05) is 13.7 Å². The van der Waals surface area contributed by atoms with E-state index in [4.69, 9.17) is 0 Å². The number of ether oxygens (including phenoxy) is 1.